The van der Waals surface area contributed by atoms with Crippen molar-refractivity contribution in [2.45, 2.75) is 0 Å². The van der Waals surface area contributed by atoms with E-state index < -0.39 is 0 Å². The molecule has 1 rings (SSSR count). The second-order valence-electron chi connectivity index (χ2n) is 1.80. The maximum atomic E-state index is 13.0. The van der Waals surface area contributed by atoms with E-state index in [2.05, 4.69) is 22.6 Å². The summed E-state index contributed by atoms with van der Waals surface area (Å²) in [5.41, 5.74) is 0.634. The molecule has 5 heteroatoms. The van der Waals surface area contributed by atoms with Crippen LogP contribution in [0.5, 0.6) is 0 Å². The zero-order chi connectivity index (χ0) is 8.43. The lowest BCUT2D eigenvalue weighted by molar-refractivity contribution is 0.631. The van der Waals surface area contributed by atoms with Crippen molar-refractivity contribution in [2.24, 2.45) is 0 Å². The van der Waals surface area contributed by atoms with Crippen LogP contribution in [-0.4, -0.2) is 0 Å². The van der Waals surface area contributed by atoms with Gasteiger partial charge in [-0.15, -0.1) is 0 Å². The first-order valence-electron chi connectivity index (χ1n) is 2.68. The fourth-order valence-electron chi connectivity index (χ4n) is 0.651. The summed E-state index contributed by atoms with van der Waals surface area (Å²) in [6.07, 6.45) is 0. The summed E-state index contributed by atoms with van der Waals surface area (Å²) in [5, 5.41) is 0. The highest BCUT2D eigenvalue weighted by atomic mass is 127. The van der Waals surface area contributed by atoms with Gasteiger partial charge in [-0.3, -0.25) is 1.33 Å². The molecule has 0 unspecified atom stereocenters. The fraction of sp³-hybridized carbons (Fsp3) is 0. The highest BCUT2D eigenvalue weighted by Gasteiger charge is 2.09. The number of halogens is 4. The molecule has 0 aliphatic rings. The van der Waals surface area contributed by atoms with Gasteiger partial charge in [-0.2, -0.15) is 0 Å². The van der Waals surface area contributed by atoms with Crippen LogP contribution in [0.3, 0.4) is 0 Å². The van der Waals surface area contributed by atoms with Crippen LogP contribution in [0.1, 0.15) is 0 Å². The van der Waals surface area contributed by atoms with Gasteiger partial charge in [-0.05, 0) is 34.7 Å². The average molecular weight is 489 g/mol. The van der Waals surface area contributed by atoms with Crippen LogP contribution in [0.2, 0.25) is 0 Å². The first kappa shape index (κ1) is 10.2. The van der Waals surface area contributed by atoms with Crippen LogP contribution < -0.4 is 1.33 Å². The molecule has 0 aromatic heterocycles. The van der Waals surface area contributed by atoms with Gasteiger partial charge in [0, 0.05) is 3.57 Å². The molecule has 11 heavy (non-hydrogen) atoms. The molecule has 0 aliphatic carbocycles. The predicted octanol–water partition coefficient (Wildman–Crippen LogP) is 3.94. The third-order valence-electron chi connectivity index (χ3n) is 1.11. The Hall–Kier alpha value is 1.14. The van der Waals surface area contributed by atoms with Crippen LogP contribution in [-0.2, 0) is 0 Å². The fourth-order valence-corrected chi connectivity index (χ4v) is 3.26. The number of benzene rings is 1. The van der Waals surface area contributed by atoms with E-state index in [1.807, 2.05) is 51.8 Å². The number of hydrogen-bond donors (Lipinski definition) is 0. The van der Waals surface area contributed by atoms with Crippen molar-refractivity contribution in [3.05, 3.63) is 27.6 Å². The predicted molar refractivity (Wildman–Crippen MR) is 69.6 cm³/mol. The largest absolute Gasteiger partial charge is 0.251 e. The molecule has 0 N–H and O–H groups in total. The summed E-state index contributed by atoms with van der Waals surface area (Å²) >= 11 is 6.18. The van der Waals surface area contributed by atoms with Gasteiger partial charge in [0.15, 0.2) is 0 Å². The van der Waals surface area contributed by atoms with E-state index in [1.54, 1.807) is 7.39 Å². The minimum absolute atomic E-state index is 0.180. The van der Waals surface area contributed by atoms with Crippen LogP contribution in [0.4, 0.5) is 10.1 Å². The van der Waals surface area contributed by atoms with E-state index in [4.69, 9.17) is 0 Å². The van der Waals surface area contributed by atoms with Crippen LogP contribution in [0, 0.1) is 9.39 Å². The Morgan fingerprint density at radius 1 is 1.27 bits per heavy atom. The molecule has 1 aromatic rings. The third kappa shape index (κ3) is 2.54. The van der Waals surface area contributed by atoms with Crippen molar-refractivity contribution in [2.75, 3.05) is 1.33 Å². The Balaban J connectivity index is 3.21. The molecule has 60 valence electrons. The van der Waals surface area contributed by atoms with E-state index in [9.17, 15) is 4.39 Å². The quantitative estimate of drug-likeness (QED) is 0.428. The lowest BCUT2D eigenvalue weighted by Crippen LogP contribution is -1.96. The monoisotopic (exact) mass is 489 g/mol. The smallest absolute Gasteiger partial charge is 0.149 e. The summed E-state index contributed by atoms with van der Waals surface area (Å²) in [5.74, 6) is -0.180. The van der Waals surface area contributed by atoms with E-state index in [1.165, 1.54) is 6.07 Å². The molecule has 0 amide bonds. The second-order valence-corrected chi connectivity index (χ2v) is 6.74. The Labute approximate surface area is 106 Å². The van der Waals surface area contributed by atoms with Crippen molar-refractivity contribution >= 4 is 74.0 Å². The summed E-state index contributed by atoms with van der Waals surface area (Å²) < 4.78 is 15.7. The summed E-state index contributed by atoms with van der Waals surface area (Å²) in [6.45, 7) is 0. The minimum atomic E-state index is -0.180. The first-order chi connectivity index (χ1) is 5.13. The van der Waals surface area contributed by atoms with Crippen LogP contribution in [0.15, 0.2) is 18.2 Å². The lowest BCUT2D eigenvalue weighted by Gasteiger charge is -2.09. The summed E-state index contributed by atoms with van der Waals surface area (Å²) in [7, 11) is 0. The highest BCUT2D eigenvalue weighted by molar-refractivity contribution is 14.2. The van der Waals surface area contributed by atoms with E-state index >= 15 is 0 Å². The van der Waals surface area contributed by atoms with Crippen LogP contribution >= 0.6 is 68.3 Å². The number of nitrogens with zero attached hydrogens (tertiary/aromatic N) is 1. The van der Waals surface area contributed by atoms with E-state index in [-0.39, 0.29) is 5.82 Å². The highest BCUT2D eigenvalue weighted by Crippen LogP contribution is 2.30. The van der Waals surface area contributed by atoms with Gasteiger partial charge in [0.2, 0.25) is 0 Å². The summed E-state index contributed by atoms with van der Waals surface area (Å²) in [4.78, 5) is 0. The molecule has 0 bridgehead atoms. The lowest BCUT2D eigenvalue weighted by atomic mass is 10.3. The Morgan fingerprint density at radius 3 is 2.27 bits per heavy atom. The minimum Gasteiger partial charge on any atom is -0.251 e. The van der Waals surface area contributed by atoms with Gasteiger partial charge < -0.3 is 0 Å². The Kier molecular flexibility index (Phi) is 4.09. The van der Waals surface area contributed by atoms with Crippen molar-refractivity contribution in [1.82, 2.24) is 0 Å². The Morgan fingerprint density at radius 2 is 1.91 bits per heavy atom. The average Bonchev–Trinajstić information content (AvgIpc) is 1.85. The molecule has 0 heterocycles. The van der Waals surface area contributed by atoms with Crippen molar-refractivity contribution in [1.29, 1.82) is 0 Å². The molecule has 1 nitrogen and oxygen atoms in total. The van der Waals surface area contributed by atoms with E-state index in [0.717, 1.165) is 3.57 Å². The second kappa shape index (κ2) is 4.40. The standard InChI is InChI=1S/C6H3FI3N/c7-4-2-1-3-5(8)6(4)11(9)10/h1-3H. The normalized spacial score (nSPS) is 9.82. The first-order valence-corrected chi connectivity index (χ1v) is 5.69. The van der Waals surface area contributed by atoms with Gasteiger partial charge in [0.25, 0.3) is 0 Å². The third-order valence-corrected chi connectivity index (χ3v) is 2.94. The molecule has 0 aliphatic heterocycles. The molecule has 0 saturated heterocycles. The molecule has 0 radical (unpaired) electrons. The molecular weight excluding hydrogens is 486 g/mol. The maximum Gasteiger partial charge on any atom is 0.149 e. The molecular formula is C6H3FI3N. The molecule has 0 atom stereocenters. The Bertz CT molecular complexity index is 244. The van der Waals surface area contributed by atoms with Gasteiger partial charge >= 0.3 is 0 Å². The molecule has 1 aromatic carbocycles. The number of rotatable bonds is 1. The van der Waals surface area contributed by atoms with Gasteiger partial charge in [0.05, 0.1) is 45.7 Å². The van der Waals surface area contributed by atoms with Crippen molar-refractivity contribution in [3.8, 4) is 0 Å². The van der Waals surface area contributed by atoms with E-state index in [0.29, 0.717) is 5.69 Å². The molecule has 0 spiro atoms. The number of para-hydroxylation sites is 1. The van der Waals surface area contributed by atoms with Gasteiger partial charge in [-0.1, -0.05) is 6.07 Å². The zero-order valence-electron chi connectivity index (χ0n) is 5.19. The molecule has 0 fully saturated rings. The summed E-state index contributed by atoms with van der Waals surface area (Å²) in [6, 6.07) is 5.04. The zero-order valence-corrected chi connectivity index (χ0v) is 11.7. The van der Waals surface area contributed by atoms with Crippen LogP contribution in [0.25, 0.3) is 0 Å². The SMILES string of the molecule is Fc1cccc(I)c1N(I)I. The topological polar surface area (TPSA) is 3.24 Å². The number of hydrogen-bond acceptors (Lipinski definition) is 1. The van der Waals surface area contributed by atoms with Gasteiger partial charge in [-0.25, -0.2) is 4.39 Å². The molecule has 0 saturated carbocycles. The van der Waals surface area contributed by atoms with Crippen molar-refractivity contribution < 1.29 is 4.39 Å². The maximum absolute atomic E-state index is 13.0. The van der Waals surface area contributed by atoms with Crippen molar-refractivity contribution in [3.63, 3.8) is 0 Å². The number of anilines is 1. The van der Waals surface area contributed by atoms with Gasteiger partial charge in [0.1, 0.15) is 11.5 Å².